The van der Waals surface area contributed by atoms with Gasteiger partial charge in [-0.1, -0.05) is 11.6 Å². The molecule has 1 aromatic carbocycles. The lowest BCUT2D eigenvalue weighted by Crippen LogP contribution is -2.37. The molecule has 0 saturated carbocycles. The van der Waals surface area contributed by atoms with Crippen LogP contribution < -0.4 is 11.1 Å². The highest BCUT2D eigenvalue weighted by atomic mass is 35.5. The Labute approximate surface area is 313 Å². The van der Waals surface area contributed by atoms with Crippen molar-refractivity contribution in [3.05, 3.63) is 99.2 Å². The lowest BCUT2D eigenvalue weighted by molar-refractivity contribution is -0.144. The standard InChI is InChI=1S/C25H26ClF5N4O4.2C4H4O4/c1-12(2)39-24(37)20-17(10-35-9-13(6-7-32)33-11-35)34-16(8-27)19(23(36)38-3)21(20)18-15(28)5-4-14(26)22(18)25(29,30)31;2*5-3(6)1-2-4(7)8/h4-5,9,11-12,21,34H,6-8,10,32H2,1-3H3;2*1-2H,(H,5,6)(H,7,8)/b;2*2-1-. The number of halogens is 6. The highest BCUT2D eigenvalue weighted by Crippen LogP contribution is 2.48. The lowest BCUT2D eigenvalue weighted by Gasteiger charge is -2.33. The molecule has 0 saturated heterocycles. The fourth-order valence-corrected chi connectivity index (χ4v) is 4.85. The zero-order chi connectivity index (χ0) is 42.2. The average molecular weight is 809 g/mol. The smallest absolute Gasteiger partial charge is 0.418 e. The second kappa shape index (κ2) is 21.6. The normalized spacial score (nSPS) is 14.1. The predicted octanol–water partition coefficient (Wildman–Crippen LogP) is 3.61. The van der Waals surface area contributed by atoms with Gasteiger partial charge in [0, 0.05) is 48.2 Å². The van der Waals surface area contributed by atoms with Crippen LogP contribution in [0.15, 0.2) is 71.5 Å². The van der Waals surface area contributed by atoms with Crippen LogP contribution in [0.5, 0.6) is 0 Å². The summed E-state index contributed by atoms with van der Waals surface area (Å²) in [6.07, 6.45) is -0.390. The summed E-state index contributed by atoms with van der Waals surface area (Å²) in [5.74, 6) is -11.0. The number of allylic oxidation sites excluding steroid dienone is 2. The molecular formula is C33H34ClF5N4O12. The number of esters is 2. The van der Waals surface area contributed by atoms with Gasteiger partial charge in [-0.05, 0) is 32.5 Å². The molecule has 2 aromatic rings. The number of rotatable bonds is 13. The summed E-state index contributed by atoms with van der Waals surface area (Å²) < 4.78 is 84.0. The Kier molecular flexibility index (Phi) is 18.4. The van der Waals surface area contributed by atoms with Crippen molar-refractivity contribution in [2.75, 3.05) is 20.3 Å². The number of nitrogens with two attached hydrogens (primary N) is 1. The molecule has 3 rings (SSSR count). The maximum atomic E-state index is 15.4. The van der Waals surface area contributed by atoms with Gasteiger partial charge in [0.05, 0.1) is 65.1 Å². The Hall–Kier alpha value is -6.09. The predicted molar refractivity (Wildman–Crippen MR) is 179 cm³/mol. The van der Waals surface area contributed by atoms with E-state index in [1.165, 1.54) is 24.7 Å². The molecule has 0 spiro atoms. The Balaban J connectivity index is 0.000000787. The number of carboxylic acids is 4. The minimum atomic E-state index is -5.22. The number of alkyl halides is 4. The summed E-state index contributed by atoms with van der Waals surface area (Å²) in [7, 11) is 0.914. The summed E-state index contributed by atoms with van der Waals surface area (Å²) in [6.45, 7) is 1.63. The van der Waals surface area contributed by atoms with E-state index in [1.807, 2.05) is 0 Å². The third kappa shape index (κ3) is 14.7. The summed E-state index contributed by atoms with van der Waals surface area (Å²) in [6, 6.07) is 1.36. The van der Waals surface area contributed by atoms with E-state index in [-0.39, 0.29) is 18.8 Å². The number of methoxy groups -OCH3 is 1. The van der Waals surface area contributed by atoms with Gasteiger partial charge in [0.15, 0.2) is 0 Å². The van der Waals surface area contributed by atoms with E-state index >= 15 is 4.39 Å². The first-order valence-electron chi connectivity index (χ1n) is 15.2. The molecule has 1 aliphatic heterocycles. The molecular weight excluding hydrogens is 775 g/mol. The number of ether oxygens (including phenoxy) is 2. The zero-order valence-corrected chi connectivity index (χ0v) is 29.7. The third-order valence-electron chi connectivity index (χ3n) is 6.51. The second-order valence-corrected chi connectivity index (χ2v) is 11.2. The van der Waals surface area contributed by atoms with Crippen LogP contribution in [0.4, 0.5) is 22.0 Å². The first kappa shape index (κ1) is 46.9. The van der Waals surface area contributed by atoms with Crippen LogP contribution >= 0.6 is 11.6 Å². The minimum absolute atomic E-state index is 0.143. The largest absolute Gasteiger partial charge is 0.478 e. The van der Waals surface area contributed by atoms with Crippen molar-refractivity contribution < 1.29 is 80.6 Å². The monoisotopic (exact) mass is 808 g/mol. The van der Waals surface area contributed by atoms with Gasteiger partial charge in [-0.3, -0.25) is 0 Å². The van der Waals surface area contributed by atoms with Crippen molar-refractivity contribution in [3.63, 3.8) is 0 Å². The number of carbonyl (C=O) groups is 6. The van der Waals surface area contributed by atoms with Crippen molar-refractivity contribution in [1.29, 1.82) is 0 Å². The summed E-state index contributed by atoms with van der Waals surface area (Å²) in [4.78, 5) is 68.7. The molecule has 0 bridgehead atoms. The molecule has 1 unspecified atom stereocenters. The van der Waals surface area contributed by atoms with E-state index in [0.717, 1.165) is 7.11 Å². The summed E-state index contributed by atoms with van der Waals surface area (Å²) in [5.41, 5.74) is 1.41. The maximum Gasteiger partial charge on any atom is 0.418 e. The van der Waals surface area contributed by atoms with Gasteiger partial charge in [0.2, 0.25) is 0 Å². The minimum Gasteiger partial charge on any atom is -0.478 e. The van der Waals surface area contributed by atoms with Gasteiger partial charge >= 0.3 is 42.0 Å². The fourth-order valence-electron chi connectivity index (χ4n) is 4.57. The fraction of sp³-hybridized carbons (Fsp3) is 0.303. The van der Waals surface area contributed by atoms with Crippen molar-refractivity contribution in [3.8, 4) is 0 Å². The van der Waals surface area contributed by atoms with Crippen molar-refractivity contribution in [2.24, 2.45) is 5.73 Å². The molecule has 1 atom stereocenters. The average Bonchev–Trinajstić information content (AvgIpc) is 3.52. The molecule has 16 nitrogen and oxygen atoms in total. The van der Waals surface area contributed by atoms with Crippen LogP contribution in [0.25, 0.3) is 0 Å². The molecule has 0 aliphatic carbocycles. The van der Waals surface area contributed by atoms with Gasteiger partial charge in [-0.2, -0.15) is 13.2 Å². The molecule has 300 valence electrons. The molecule has 2 heterocycles. The van der Waals surface area contributed by atoms with E-state index in [9.17, 15) is 46.3 Å². The van der Waals surface area contributed by atoms with Crippen molar-refractivity contribution >= 4 is 47.4 Å². The molecule has 0 amide bonds. The highest BCUT2D eigenvalue weighted by molar-refractivity contribution is 6.31. The topological polar surface area (TPSA) is 258 Å². The molecule has 1 aliphatic rings. The Bertz CT molecular complexity index is 1820. The van der Waals surface area contributed by atoms with Gasteiger partial charge in [0.1, 0.15) is 12.5 Å². The lowest BCUT2D eigenvalue weighted by atomic mass is 9.77. The van der Waals surface area contributed by atoms with Crippen molar-refractivity contribution in [2.45, 2.75) is 45.0 Å². The molecule has 55 heavy (non-hydrogen) atoms. The Morgan fingerprint density at radius 1 is 0.945 bits per heavy atom. The summed E-state index contributed by atoms with van der Waals surface area (Å²) >= 11 is 5.88. The van der Waals surface area contributed by atoms with Gasteiger partial charge in [0.25, 0.3) is 0 Å². The van der Waals surface area contributed by atoms with Crippen LogP contribution in [0.3, 0.4) is 0 Å². The Morgan fingerprint density at radius 3 is 1.87 bits per heavy atom. The number of carboxylic acid groups (broad SMARTS) is 4. The highest BCUT2D eigenvalue weighted by Gasteiger charge is 2.47. The van der Waals surface area contributed by atoms with Crippen LogP contribution in [0.1, 0.15) is 36.6 Å². The SMILES string of the molecule is COC(=O)C1=C(CF)NC(Cn2cnc(CCN)c2)=C(C(=O)OC(C)C)C1c1c(F)ccc(Cl)c1C(F)(F)F.O=C(O)/C=C\C(=O)O.O=C(O)/C=C\C(=O)O. The number of hydrogen-bond acceptors (Lipinski definition) is 11. The van der Waals surface area contributed by atoms with Gasteiger partial charge in [-0.15, -0.1) is 0 Å². The number of nitrogens with one attached hydrogen (secondary N) is 1. The van der Waals surface area contributed by atoms with E-state index in [4.69, 9.17) is 47.2 Å². The number of benzene rings is 1. The van der Waals surface area contributed by atoms with Gasteiger partial charge in [-0.25, -0.2) is 42.5 Å². The molecule has 22 heteroatoms. The van der Waals surface area contributed by atoms with Crippen LogP contribution in [0.2, 0.25) is 5.02 Å². The number of dihydropyridines is 1. The number of carbonyl (C=O) groups excluding carboxylic acids is 2. The quantitative estimate of drug-likeness (QED) is 0.0960. The number of hydrogen-bond donors (Lipinski definition) is 6. The second-order valence-electron chi connectivity index (χ2n) is 10.8. The summed E-state index contributed by atoms with van der Waals surface area (Å²) in [5, 5.41) is 33.0. The number of imidazole rings is 1. The first-order valence-corrected chi connectivity index (χ1v) is 15.6. The zero-order valence-electron chi connectivity index (χ0n) is 28.9. The van der Waals surface area contributed by atoms with Crippen LogP contribution in [-0.2, 0) is 57.4 Å². The molecule has 0 fully saturated rings. The van der Waals surface area contributed by atoms with Gasteiger partial charge < -0.3 is 45.5 Å². The Morgan fingerprint density at radius 2 is 1.45 bits per heavy atom. The molecule has 7 N–H and O–H groups in total. The van der Waals surface area contributed by atoms with E-state index in [2.05, 4.69) is 10.3 Å². The maximum absolute atomic E-state index is 15.4. The molecule has 1 aromatic heterocycles. The van der Waals surface area contributed by atoms with Crippen LogP contribution in [-0.4, -0.2) is 92.2 Å². The number of aromatic nitrogens is 2. The molecule has 0 radical (unpaired) electrons. The van der Waals surface area contributed by atoms with E-state index in [0.29, 0.717) is 48.6 Å². The van der Waals surface area contributed by atoms with E-state index < -0.39 is 99.5 Å². The third-order valence-corrected chi connectivity index (χ3v) is 6.82. The number of aliphatic carboxylic acids is 4. The van der Waals surface area contributed by atoms with Crippen molar-refractivity contribution in [1.82, 2.24) is 14.9 Å². The first-order chi connectivity index (χ1) is 25.6. The number of nitrogens with zero attached hydrogens (tertiary/aromatic N) is 2. The van der Waals surface area contributed by atoms with Crippen LogP contribution in [0, 0.1) is 5.82 Å². The van der Waals surface area contributed by atoms with E-state index in [1.54, 1.807) is 6.20 Å².